The van der Waals surface area contributed by atoms with Crippen molar-refractivity contribution in [2.45, 2.75) is 33.1 Å². The second kappa shape index (κ2) is 11.1. The highest BCUT2D eigenvalue weighted by molar-refractivity contribution is 6.40. The van der Waals surface area contributed by atoms with Gasteiger partial charge in [-0.1, -0.05) is 50.1 Å². The Kier molecular flexibility index (Phi) is 8.02. The average Bonchev–Trinajstić information content (AvgIpc) is 3.05. The quantitative estimate of drug-likeness (QED) is 0.352. The zero-order valence-electron chi connectivity index (χ0n) is 19.6. The third-order valence-corrected chi connectivity index (χ3v) is 5.48. The van der Waals surface area contributed by atoms with E-state index in [1.807, 2.05) is 25.1 Å². The number of carbonyl (C=O) groups is 3. The van der Waals surface area contributed by atoms with Crippen molar-refractivity contribution < 1.29 is 14.4 Å². The summed E-state index contributed by atoms with van der Waals surface area (Å²) in [5.41, 5.74) is 1.28. The summed E-state index contributed by atoms with van der Waals surface area (Å²) in [6, 6.07) is 15.4. The highest BCUT2D eigenvalue weighted by Gasteiger charge is 2.21. The molecule has 0 spiro atoms. The number of unbranched alkanes of at least 4 members (excludes halogenated alkanes) is 2. The van der Waals surface area contributed by atoms with E-state index < -0.39 is 17.7 Å². The predicted octanol–water partition coefficient (Wildman–Crippen LogP) is 2.98. The molecule has 0 radical (unpaired) electrons. The lowest BCUT2D eigenvalue weighted by atomic mass is 10.1. The summed E-state index contributed by atoms with van der Waals surface area (Å²) in [4.78, 5) is 50.5. The van der Waals surface area contributed by atoms with Gasteiger partial charge in [0.1, 0.15) is 5.69 Å². The molecule has 0 aliphatic heterocycles. The first-order chi connectivity index (χ1) is 16.3. The van der Waals surface area contributed by atoms with Crippen LogP contribution in [0, 0.1) is 6.92 Å². The largest absolute Gasteiger partial charge is 0.348 e. The third kappa shape index (κ3) is 5.43. The number of hydrogen-bond acceptors (Lipinski definition) is 4. The molecule has 3 rings (SSSR count). The summed E-state index contributed by atoms with van der Waals surface area (Å²) in [7, 11) is 1.73. The van der Waals surface area contributed by atoms with Gasteiger partial charge in [0.15, 0.2) is 0 Å². The minimum atomic E-state index is -0.862. The SMILES string of the molecule is CCCCCNC(=O)C(=O)Nc1ccccc1C(=O)Nc1c(C)n(C)n(-c2ccccc2)c1=O. The monoisotopic (exact) mass is 463 g/mol. The van der Waals surface area contributed by atoms with Gasteiger partial charge in [-0.15, -0.1) is 0 Å². The molecule has 0 saturated carbocycles. The number of rotatable bonds is 8. The Hall–Kier alpha value is -4.14. The van der Waals surface area contributed by atoms with Crippen molar-refractivity contribution in [1.82, 2.24) is 14.7 Å². The fraction of sp³-hybridized carbons (Fsp3) is 0.280. The average molecular weight is 464 g/mol. The lowest BCUT2D eigenvalue weighted by molar-refractivity contribution is -0.136. The summed E-state index contributed by atoms with van der Waals surface area (Å²) in [5.74, 6) is -2.21. The third-order valence-electron chi connectivity index (χ3n) is 5.48. The van der Waals surface area contributed by atoms with Gasteiger partial charge in [-0.3, -0.25) is 23.9 Å². The normalized spacial score (nSPS) is 10.6. The molecule has 3 N–H and O–H groups in total. The minimum Gasteiger partial charge on any atom is -0.348 e. The highest BCUT2D eigenvalue weighted by Crippen LogP contribution is 2.19. The van der Waals surface area contributed by atoms with Crippen LogP contribution in [0.2, 0.25) is 0 Å². The fourth-order valence-electron chi connectivity index (χ4n) is 3.52. The number of carbonyl (C=O) groups excluding carboxylic acids is 3. The van der Waals surface area contributed by atoms with Gasteiger partial charge < -0.3 is 16.0 Å². The first-order valence-electron chi connectivity index (χ1n) is 11.2. The lowest BCUT2D eigenvalue weighted by Crippen LogP contribution is -2.36. The van der Waals surface area contributed by atoms with Crippen molar-refractivity contribution in [3.8, 4) is 5.69 Å². The van der Waals surface area contributed by atoms with Crippen LogP contribution in [0.3, 0.4) is 0 Å². The number of nitrogens with one attached hydrogen (secondary N) is 3. The van der Waals surface area contributed by atoms with Crippen LogP contribution in [0.1, 0.15) is 42.2 Å². The van der Waals surface area contributed by atoms with Crippen LogP contribution in [0.4, 0.5) is 11.4 Å². The molecule has 9 heteroatoms. The van der Waals surface area contributed by atoms with Crippen LogP contribution >= 0.6 is 0 Å². The van der Waals surface area contributed by atoms with E-state index >= 15 is 0 Å². The van der Waals surface area contributed by atoms with E-state index in [1.165, 1.54) is 16.8 Å². The lowest BCUT2D eigenvalue weighted by Gasteiger charge is -2.11. The second-order valence-electron chi connectivity index (χ2n) is 7.85. The van der Waals surface area contributed by atoms with Gasteiger partial charge >= 0.3 is 11.8 Å². The molecule has 3 aromatic rings. The summed E-state index contributed by atoms with van der Waals surface area (Å²) in [6.07, 6.45) is 2.74. The van der Waals surface area contributed by atoms with Gasteiger partial charge in [-0.25, -0.2) is 4.68 Å². The molecule has 34 heavy (non-hydrogen) atoms. The van der Waals surface area contributed by atoms with Crippen LogP contribution in [0.25, 0.3) is 5.69 Å². The fourth-order valence-corrected chi connectivity index (χ4v) is 3.52. The van der Waals surface area contributed by atoms with Gasteiger partial charge in [-0.05, 0) is 37.6 Å². The molecule has 0 unspecified atom stereocenters. The molecule has 9 nitrogen and oxygen atoms in total. The van der Waals surface area contributed by atoms with Crippen LogP contribution < -0.4 is 21.5 Å². The Morgan fingerprint density at radius 1 is 0.882 bits per heavy atom. The highest BCUT2D eigenvalue weighted by atomic mass is 16.2. The van der Waals surface area contributed by atoms with Gasteiger partial charge in [0, 0.05) is 13.6 Å². The number of amides is 3. The molecular formula is C25H29N5O4. The molecule has 0 fully saturated rings. The number of anilines is 2. The molecule has 1 aromatic heterocycles. The van der Waals surface area contributed by atoms with Crippen LogP contribution in [-0.2, 0) is 16.6 Å². The molecule has 178 valence electrons. The van der Waals surface area contributed by atoms with Crippen molar-refractivity contribution in [2.75, 3.05) is 17.2 Å². The first-order valence-corrected chi connectivity index (χ1v) is 11.2. The molecule has 0 aliphatic rings. The van der Waals surface area contributed by atoms with Crippen molar-refractivity contribution in [2.24, 2.45) is 7.05 Å². The second-order valence-corrected chi connectivity index (χ2v) is 7.85. The predicted molar refractivity (Wildman–Crippen MR) is 131 cm³/mol. The summed E-state index contributed by atoms with van der Waals surface area (Å²) >= 11 is 0. The van der Waals surface area contributed by atoms with E-state index in [2.05, 4.69) is 16.0 Å². The molecule has 0 bridgehead atoms. The maximum atomic E-state index is 13.1. The standard InChI is InChI=1S/C25H29N5O4/c1-4-5-11-16-26-23(32)24(33)27-20-15-10-9-14-19(20)22(31)28-21-17(2)29(3)30(25(21)34)18-12-7-6-8-13-18/h6-10,12-15H,4-5,11,16H2,1-3H3,(H,26,32)(H,27,33)(H,28,31). The molecular weight excluding hydrogens is 434 g/mol. The Balaban J connectivity index is 1.79. The zero-order chi connectivity index (χ0) is 24.7. The number of benzene rings is 2. The summed E-state index contributed by atoms with van der Waals surface area (Å²) in [6.45, 7) is 4.18. The van der Waals surface area contributed by atoms with Gasteiger partial charge in [0.2, 0.25) is 0 Å². The van der Waals surface area contributed by atoms with Gasteiger partial charge in [-0.2, -0.15) is 0 Å². The van der Waals surface area contributed by atoms with Crippen molar-refractivity contribution in [3.05, 3.63) is 76.2 Å². The maximum absolute atomic E-state index is 13.1. The number of para-hydroxylation sites is 2. The van der Waals surface area contributed by atoms with E-state index in [0.717, 1.165) is 19.3 Å². The van der Waals surface area contributed by atoms with Gasteiger partial charge in [0.25, 0.3) is 11.5 Å². The summed E-state index contributed by atoms with van der Waals surface area (Å²) < 4.78 is 3.12. The molecule has 1 heterocycles. The number of aromatic nitrogens is 2. The molecule has 0 aliphatic carbocycles. The maximum Gasteiger partial charge on any atom is 0.313 e. The van der Waals surface area contributed by atoms with E-state index in [-0.39, 0.29) is 22.5 Å². The minimum absolute atomic E-state index is 0.128. The van der Waals surface area contributed by atoms with Crippen LogP contribution in [-0.4, -0.2) is 33.6 Å². The Morgan fingerprint density at radius 3 is 2.26 bits per heavy atom. The smallest absolute Gasteiger partial charge is 0.313 e. The Bertz CT molecular complexity index is 1240. The van der Waals surface area contributed by atoms with Crippen LogP contribution in [0.15, 0.2) is 59.4 Å². The van der Waals surface area contributed by atoms with Gasteiger partial charge in [0.05, 0.1) is 22.6 Å². The van der Waals surface area contributed by atoms with E-state index in [4.69, 9.17) is 0 Å². The van der Waals surface area contributed by atoms with E-state index in [0.29, 0.717) is 17.9 Å². The van der Waals surface area contributed by atoms with E-state index in [9.17, 15) is 19.2 Å². The Morgan fingerprint density at radius 2 is 1.56 bits per heavy atom. The molecule has 0 saturated heterocycles. The zero-order valence-corrected chi connectivity index (χ0v) is 19.6. The number of nitrogens with zero attached hydrogens (tertiary/aromatic N) is 2. The van der Waals surface area contributed by atoms with E-state index in [1.54, 1.807) is 42.9 Å². The number of hydrogen-bond donors (Lipinski definition) is 3. The molecule has 2 aromatic carbocycles. The van der Waals surface area contributed by atoms with Crippen LogP contribution in [0.5, 0.6) is 0 Å². The van der Waals surface area contributed by atoms with Crippen molar-refractivity contribution in [1.29, 1.82) is 0 Å². The Labute approximate surface area is 197 Å². The molecule has 0 atom stereocenters. The first kappa shape index (κ1) is 24.5. The van der Waals surface area contributed by atoms with Crippen molar-refractivity contribution >= 4 is 29.1 Å². The topological polar surface area (TPSA) is 114 Å². The summed E-state index contributed by atoms with van der Waals surface area (Å²) in [5, 5.41) is 7.73. The van der Waals surface area contributed by atoms with Crippen molar-refractivity contribution in [3.63, 3.8) is 0 Å². The molecule has 3 amide bonds.